The second kappa shape index (κ2) is 6.85. The number of alkyl halides is 1. The van der Waals surface area contributed by atoms with Crippen molar-refractivity contribution >= 4 is 10.0 Å². The van der Waals surface area contributed by atoms with E-state index < -0.39 is 22.7 Å². The number of nitrogens with one attached hydrogen (secondary N) is 1. The Hall–Kier alpha value is -0.940. The first-order valence-corrected chi connectivity index (χ1v) is 7.63. The van der Waals surface area contributed by atoms with E-state index in [0.29, 0.717) is 6.42 Å². The normalized spacial score (nSPS) is 13.5. The molecule has 0 fully saturated rings. The van der Waals surface area contributed by atoms with Crippen molar-refractivity contribution < 1.29 is 12.8 Å². The quantitative estimate of drug-likeness (QED) is 0.830. The smallest absolute Gasteiger partial charge is 0.240 e. The molecule has 0 saturated heterocycles. The first kappa shape index (κ1) is 15.1. The molecule has 1 aromatic carbocycles. The second-order valence-electron chi connectivity index (χ2n) is 4.43. The summed E-state index contributed by atoms with van der Waals surface area (Å²) in [6, 6.07) is 5.90. The SMILES string of the molecule is CCCC[C@@H](CF)NS(=O)(=O)c1ccc(C)cc1. The Morgan fingerprint density at radius 1 is 1.28 bits per heavy atom. The number of benzene rings is 1. The van der Waals surface area contributed by atoms with Crippen molar-refractivity contribution in [3.63, 3.8) is 0 Å². The number of aryl methyl sites for hydroxylation is 1. The third-order valence-corrected chi connectivity index (χ3v) is 4.28. The zero-order valence-electron chi connectivity index (χ0n) is 10.8. The van der Waals surface area contributed by atoms with E-state index in [1.54, 1.807) is 12.1 Å². The molecule has 0 aromatic heterocycles. The van der Waals surface area contributed by atoms with Crippen molar-refractivity contribution in [2.45, 2.75) is 44.0 Å². The van der Waals surface area contributed by atoms with Crippen molar-refractivity contribution in [2.75, 3.05) is 6.67 Å². The third kappa shape index (κ3) is 4.38. The van der Waals surface area contributed by atoms with E-state index in [1.165, 1.54) is 12.1 Å². The van der Waals surface area contributed by atoms with Crippen molar-refractivity contribution in [3.8, 4) is 0 Å². The maximum Gasteiger partial charge on any atom is 0.240 e. The first-order valence-electron chi connectivity index (χ1n) is 6.14. The molecule has 1 rings (SSSR count). The van der Waals surface area contributed by atoms with Gasteiger partial charge in [-0.25, -0.2) is 17.5 Å². The van der Waals surface area contributed by atoms with Gasteiger partial charge < -0.3 is 0 Å². The summed E-state index contributed by atoms with van der Waals surface area (Å²) >= 11 is 0. The highest BCUT2D eigenvalue weighted by Gasteiger charge is 2.19. The van der Waals surface area contributed by atoms with Gasteiger partial charge in [0, 0.05) is 0 Å². The molecule has 1 atom stereocenters. The standard InChI is InChI=1S/C13H20FNO2S/c1-3-4-5-12(10-14)15-18(16,17)13-8-6-11(2)7-9-13/h6-9,12,15H,3-5,10H2,1-2H3/t12-/m0/s1. The van der Waals surface area contributed by atoms with Crippen LogP contribution in [0.25, 0.3) is 0 Å². The molecular formula is C13H20FNO2S. The van der Waals surface area contributed by atoms with Crippen molar-refractivity contribution in [2.24, 2.45) is 0 Å². The van der Waals surface area contributed by atoms with E-state index in [2.05, 4.69) is 4.72 Å². The summed E-state index contributed by atoms with van der Waals surface area (Å²) in [5.41, 5.74) is 0.988. The van der Waals surface area contributed by atoms with Crippen molar-refractivity contribution in [3.05, 3.63) is 29.8 Å². The summed E-state index contributed by atoms with van der Waals surface area (Å²) in [5, 5.41) is 0. The maximum atomic E-state index is 12.8. The molecule has 1 aromatic rings. The van der Waals surface area contributed by atoms with Crippen LogP contribution in [0.3, 0.4) is 0 Å². The molecule has 0 aliphatic carbocycles. The Bertz CT molecular complexity index is 456. The van der Waals surface area contributed by atoms with Crippen LogP contribution in [0.5, 0.6) is 0 Å². The molecule has 0 spiro atoms. The van der Waals surface area contributed by atoms with Crippen LogP contribution >= 0.6 is 0 Å². The van der Waals surface area contributed by atoms with E-state index in [-0.39, 0.29) is 4.90 Å². The molecule has 0 saturated carbocycles. The summed E-state index contributed by atoms with van der Waals surface area (Å²) in [6.07, 6.45) is 2.26. The molecule has 0 radical (unpaired) electrons. The average Bonchev–Trinajstić information content (AvgIpc) is 2.35. The van der Waals surface area contributed by atoms with Crippen LogP contribution in [-0.2, 0) is 10.0 Å². The third-order valence-electron chi connectivity index (χ3n) is 2.75. The molecule has 0 unspecified atom stereocenters. The van der Waals surface area contributed by atoms with Crippen LogP contribution < -0.4 is 4.72 Å². The van der Waals surface area contributed by atoms with Crippen molar-refractivity contribution in [1.29, 1.82) is 0 Å². The lowest BCUT2D eigenvalue weighted by molar-refractivity contribution is 0.384. The average molecular weight is 273 g/mol. The Morgan fingerprint density at radius 2 is 1.89 bits per heavy atom. The van der Waals surface area contributed by atoms with Gasteiger partial charge in [0.25, 0.3) is 0 Å². The van der Waals surface area contributed by atoms with E-state index in [0.717, 1.165) is 18.4 Å². The molecule has 18 heavy (non-hydrogen) atoms. The van der Waals surface area contributed by atoms with Gasteiger partial charge in [-0.3, -0.25) is 0 Å². The summed E-state index contributed by atoms with van der Waals surface area (Å²) < 4.78 is 39.2. The minimum absolute atomic E-state index is 0.183. The highest BCUT2D eigenvalue weighted by atomic mass is 32.2. The molecule has 0 heterocycles. The van der Waals surface area contributed by atoms with Gasteiger partial charge in [-0.15, -0.1) is 0 Å². The predicted molar refractivity (Wildman–Crippen MR) is 70.8 cm³/mol. The predicted octanol–water partition coefficient (Wildman–Crippen LogP) is 2.80. The van der Waals surface area contributed by atoms with E-state index >= 15 is 0 Å². The molecule has 102 valence electrons. The Kier molecular flexibility index (Phi) is 5.75. The number of hydrogen-bond donors (Lipinski definition) is 1. The Balaban J connectivity index is 2.77. The highest BCUT2D eigenvalue weighted by Crippen LogP contribution is 2.12. The summed E-state index contributed by atoms with van der Waals surface area (Å²) in [6.45, 7) is 3.20. The number of hydrogen-bond acceptors (Lipinski definition) is 2. The lowest BCUT2D eigenvalue weighted by Crippen LogP contribution is -2.36. The molecule has 0 bridgehead atoms. The molecule has 3 nitrogen and oxygen atoms in total. The van der Waals surface area contributed by atoms with Gasteiger partial charge in [-0.1, -0.05) is 37.5 Å². The molecule has 0 aliphatic heterocycles. The lowest BCUT2D eigenvalue weighted by atomic mass is 10.1. The van der Waals surface area contributed by atoms with Gasteiger partial charge in [0.2, 0.25) is 10.0 Å². The van der Waals surface area contributed by atoms with Gasteiger partial charge in [-0.05, 0) is 25.5 Å². The van der Waals surface area contributed by atoms with Crippen molar-refractivity contribution in [1.82, 2.24) is 4.72 Å². The summed E-state index contributed by atoms with van der Waals surface area (Å²) in [5.74, 6) is 0. The van der Waals surface area contributed by atoms with Crippen LogP contribution in [0.1, 0.15) is 31.7 Å². The van der Waals surface area contributed by atoms with Gasteiger partial charge >= 0.3 is 0 Å². The minimum Gasteiger partial charge on any atom is -0.249 e. The topological polar surface area (TPSA) is 46.2 Å². The minimum atomic E-state index is -3.61. The second-order valence-corrected chi connectivity index (χ2v) is 6.14. The Morgan fingerprint density at radius 3 is 2.39 bits per heavy atom. The maximum absolute atomic E-state index is 12.8. The van der Waals surface area contributed by atoms with Crippen LogP contribution in [0.15, 0.2) is 29.2 Å². The fourth-order valence-corrected chi connectivity index (χ4v) is 2.87. The van der Waals surface area contributed by atoms with Crippen LogP contribution in [0.4, 0.5) is 4.39 Å². The van der Waals surface area contributed by atoms with E-state index in [9.17, 15) is 12.8 Å². The van der Waals surface area contributed by atoms with Gasteiger partial charge in [0.1, 0.15) is 6.67 Å². The number of unbranched alkanes of at least 4 members (excludes halogenated alkanes) is 1. The van der Waals surface area contributed by atoms with Crippen LogP contribution in [0.2, 0.25) is 0 Å². The molecule has 5 heteroatoms. The zero-order chi connectivity index (χ0) is 13.6. The molecule has 0 aliphatic rings. The summed E-state index contributed by atoms with van der Waals surface area (Å²) in [7, 11) is -3.61. The summed E-state index contributed by atoms with van der Waals surface area (Å²) in [4.78, 5) is 0.183. The fourth-order valence-electron chi connectivity index (χ4n) is 1.62. The zero-order valence-corrected chi connectivity index (χ0v) is 11.6. The molecule has 1 N–H and O–H groups in total. The molecule has 0 amide bonds. The molecular weight excluding hydrogens is 253 g/mol. The fraction of sp³-hybridized carbons (Fsp3) is 0.538. The largest absolute Gasteiger partial charge is 0.249 e. The van der Waals surface area contributed by atoms with Gasteiger partial charge in [0.05, 0.1) is 10.9 Å². The number of rotatable bonds is 7. The van der Waals surface area contributed by atoms with Gasteiger partial charge in [-0.2, -0.15) is 0 Å². The van der Waals surface area contributed by atoms with Crippen LogP contribution in [0, 0.1) is 6.92 Å². The lowest BCUT2D eigenvalue weighted by Gasteiger charge is -2.15. The van der Waals surface area contributed by atoms with Gasteiger partial charge in [0.15, 0.2) is 0 Å². The number of halogens is 1. The Labute approximate surface area is 108 Å². The monoisotopic (exact) mass is 273 g/mol. The number of sulfonamides is 1. The van der Waals surface area contributed by atoms with E-state index in [1.807, 2.05) is 13.8 Å². The highest BCUT2D eigenvalue weighted by molar-refractivity contribution is 7.89. The van der Waals surface area contributed by atoms with E-state index in [4.69, 9.17) is 0 Å². The first-order chi connectivity index (χ1) is 8.49. The van der Waals surface area contributed by atoms with Crippen LogP contribution in [-0.4, -0.2) is 21.1 Å².